The van der Waals surface area contributed by atoms with Crippen LogP contribution in [-0.2, 0) is 30.4 Å². The topological polar surface area (TPSA) is 200 Å². The van der Waals surface area contributed by atoms with Crippen LogP contribution in [0, 0.1) is 11.8 Å². The number of rotatable bonds is 14. The predicted octanol–water partition coefficient (Wildman–Crippen LogP) is -1.00. The van der Waals surface area contributed by atoms with Gasteiger partial charge in [-0.2, -0.15) is 0 Å². The van der Waals surface area contributed by atoms with Gasteiger partial charge in [-0.25, -0.2) is 9.78 Å². The highest BCUT2D eigenvalue weighted by Gasteiger charge is 2.31. The molecule has 1 heterocycles. The smallest absolute Gasteiger partial charge is 0.326 e. The minimum Gasteiger partial charge on any atom is -0.480 e. The number of H-pyrrole nitrogens is 1. The van der Waals surface area contributed by atoms with Crippen LogP contribution >= 0.6 is 0 Å². The van der Waals surface area contributed by atoms with E-state index in [4.69, 9.17) is 5.73 Å². The number of nitrogens with zero attached hydrogens (tertiary/aromatic N) is 2. The second kappa shape index (κ2) is 14.2. The molecule has 7 N–H and O–H groups in total. The number of nitrogens with one attached hydrogen (secondary N) is 4. The van der Waals surface area contributed by atoms with Crippen molar-refractivity contribution < 1.29 is 29.1 Å². The zero-order valence-electron chi connectivity index (χ0n) is 21.7. The van der Waals surface area contributed by atoms with Gasteiger partial charge in [0.2, 0.25) is 23.6 Å². The van der Waals surface area contributed by atoms with E-state index < -0.39 is 60.3 Å². The van der Waals surface area contributed by atoms with Gasteiger partial charge in [0.1, 0.15) is 18.1 Å². The molecular formula is C23H39N7O6. The van der Waals surface area contributed by atoms with Crippen LogP contribution in [0.5, 0.6) is 0 Å². The van der Waals surface area contributed by atoms with Gasteiger partial charge >= 0.3 is 5.97 Å². The lowest BCUT2D eigenvalue weighted by Gasteiger charge is -2.28. The van der Waals surface area contributed by atoms with Crippen molar-refractivity contribution in [2.45, 2.75) is 71.6 Å². The third kappa shape index (κ3) is 10.0. The van der Waals surface area contributed by atoms with Crippen molar-refractivity contribution in [1.82, 2.24) is 30.8 Å². The van der Waals surface area contributed by atoms with E-state index in [0.29, 0.717) is 5.69 Å². The zero-order chi connectivity index (χ0) is 27.6. The molecule has 1 rings (SSSR count). The first-order chi connectivity index (χ1) is 16.7. The lowest BCUT2D eigenvalue weighted by molar-refractivity contribution is -0.143. The maximum absolute atomic E-state index is 12.9. The maximum Gasteiger partial charge on any atom is 0.326 e. The second-order valence-electron chi connectivity index (χ2n) is 9.64. The molecule has 0 aliphatic heterocycles. The summed E-state index contributed by atoms with van der Waals surface area (Å²) in [5, 5.41) is 17.1. The summed E-state index contributed by atoms with van der Waals surface area (Å²) >= 11 is 0. The first-order valence-corrected chi connectivity index (χ1v) is 11.8. The number of amides is 4. The van der Waals surface area contributed by atoms with Crippen LogP contribution in [0.25, 0.3) is 0 Å². The van der Waals surface area contributed by atoms with Crippen LogP contribution in [0.15, 0.2) is 12.5 Å². The predicted molar refractivity (Wildman–Crippen MR) is 131 cm³/mol. The van der Waals surface area contributed by atoms with Gasteiger partial charge in [-0.15, -0.1) is 0 Å². The first-order valence-electron chi connectivity index (χ1n) is 11.8. The third-order valence-corrected chi connectivity index (χ3v) is 5.35. The van der Waals surface area contributed by atoms with Crippen LogP contribution in [0.2, 0.25) is 0 Å². The molecular weight excluding hydrogens is 470 g/mol. The molecule has 0 aromatic carbocycles. The summed E-state index contributed by atoms with van der Waals surface area (Å²) in [5.41, 5.74) is 6.13. The lowest BCUT2D eigenvalue weighted by atomic mass is 10.0. The number of carboxylic acid groups (broad SMARTS) is 1. The summed E-state index contributed by atoms with van der Waals surface area (Å²) in [5.74, 6) is -3.73. The van der Waals surface area contributed by atoms with Crippen molar-refractivity contribution >= 4 is 29.6 Å². The molecule has 0 aliphatic rings. The summed E-state index contributed by atoms with van der Waals surface area (Å²) in [6, 6.07) is -3.94. The number of hydrogen-bond acceptors (Lipinski definition) is 7. The molecule has 0 spiro atoms. The van der Waals surface area contributed by atoms with Gasteiger partial charge in [-0.1, -0.05) is 27.7 Å². The van der Waals surface area contributed by atoms with Gasteiger partial charge < -0.3 is 36.7 Å². The van der Waals surface area contributed by atoms with Crippen LogP contribution in [0.1, 0.15) is 46.7 Å². The number of carbonyl (C=O) groups is 5. The van der Waals surface area contributed by atoms with E-state index >= 15 is 0 Å². The van der Waals surface area contributed by atoms with Crippen LogP contribution < -0.4 is 21.7 Å². The van der Waals surface area contributed by atoms with Gasteiger partial charge in [-0.3, -0.25) is 19.2 Å². The molecule has 0 fully saturated rings. The minimum absolute atomic E-state index is 0.0170. The van der Waals surface area contributed by atoms with Crippen molar-refractivity contribution in [3.63, 3.8) is 0 Å². The highest BCUT2D eigenvalue weighted by atomic mass is 16.4. The van der Waals surface area contributed by atoms with Gasteiger partial charge in [0.25, 0.3) is 0 Å². The molecule has 1 aromatic heterocycles. The third-order valence-electron chi connectivity index (χ3n) is 5.35. The zero-order valence-corrected chi connectivity index (χ0v) is 21.7. The number of aromatic amines is 1. The van der Waals surface area contributed by atoms with Crippen molar-refractivity contribution in [1.29, 1.82) is 0 Å². The molecule has 0 bridgehead atoms. The number of carboxylic acids is 1. The average Bonchev–Trinajstić information content (AvgIpc) is 3.28. The van der Waals surface area contributed by atoms with E-state index in [0.717, 1.165) is 4.90 Å². The standard InChI is InChI=1S/C23H39N7O6/c1-12(2)7-17(23(35)36)28-21(33)16(8-15-9-25-11-26-15)27-18(31)10-30(6)22(34)19(13(3)4)29-20(32)14(5)24/h9,11-14,16-17,19H,7-8,10,24H2,1-6H3,(H,25,26)(H,27,31)(H,28,33)(H,29,32)(H,35,36)/t14-,16-,17-,19-/m0/s1. The lowest BCUT2D eigenvalue weighted by Crippen LogP contribution is -2.56. The highest BCUT2D eigenvalue weighted by molar-refractivity contribution is 5.94. The molecule has 0 radical (unpaired) electrons. The minimum atomic E-state index is -1.18. The van der Waals surface area contributed by atoms with E-state index in [1.54, 1.807) is 13.8 Å². The molecule has 13 nitrogen and oxygen atoms in total. The van der Waals surface area contributed by atoms with Gasteiger partial charge in [-0.05, 0) is 25.2 Å². The van der Waals surface area contributed by atoms with E-state index in [2.05, 4.69) is 25.9 Å². The first kappa shape index (κ1) is 30.6. The molecule has 0 saturated heterocycles. The molecule has 0 unspecified atom stereocenters. The maximum atomic E-state index is 12.9. The number of aliphatic carboxylic acids is 1. The summed E-state index contributed by atoms with van der Waals surface area (Å²) < 4.78 is 0. The fraction of sp³-hybridized carbons (Fsp3) is 0.652. The number of nitrogens with two attached hydrogens (primary N) is 1. The Labute approximate surface area is 211 Å². The Morgan fingerprint density at radius 1 is 1.03 bits per heavy atom. The SMILES string of the molecule is CC(C)C[C@H](NC(=O)[C@H](Cc1cnc[nH]1)NC(=O)CN(C)C(=O)[C@@H](NC(=O)[C@H](C)N)C(C)C)C(=O)O. The van der Waals surface area contributed by atoms with Gasteiger partial charge in [0.05, 0.1) is 18.9 Å². The van der Waals surface area contributed by atoms with Crippen molar-refractivity contribution in [2.75, 3.05) is 13.6 Å². The van der Waals surface area contributed by atoms with Gasteiger partial charge in [0.15, 0.2) is 0 Å². The van der Waals surface area contributed by atoms with Gasteiger partial charge in [0, 0.05) is 25.4 Å². The number of aromatic nitrogens is 2. The second-order valence-corrected chi connectivity index (χ2v) is 9.64. The van der Waals surface area contributed by atoms with Crippen molar-refractivity contribution in [3.05, 3.63) is 18.2 Å². The Hall–Kier alpha value is -3.48. The molecule has 1 aromatic rings. The van der Waals surface area contributed by atoms with Crippen LogP contribution in [-0.4, -0.2) is 87.3 Å². The van der Waals surface area contributed by atoms with Crippen LogP contribution in [0.3, 0.4) is 0 Å². The number of imidazole rings is 1. The quantitative estimate of drug-likeness (QED) is 0.183. The Morgan fingerprint density at radius 2 is 1.67 bits per heavy atom. The fourth-order valence-corrected chi connectivity index (χ4v) is 3.36. The molecule has 4 amide bonds. The van der Waals surface area contributed by atoms with E-state index in [1.807, 2.05) is 13.8 Å². The molecule has 202 valence electrons. The summed E-state index contributed by atoms with van der Waals surface area (Å²) in [4.78, 5) is 70.1. The van der Waals surface area contributed by atoms with E-state index in [9.17, 15) is 29.1 Å². The Morgan fingerprint density at radius 3 is 2.14 bits per heavy atom. The fourth-order valence-electron chi connectivity index (χ4n) is 3.36. The molecule has 0 aliphatic carbocycles. The van der Waals surface area contributed by atoms with Crippen molar-refractivity contribution in [2.24, 2.45) is 17.6 Å². The van der Waals surface area contributed by atoms with E-state index in [-0.39, 0.29) is 24.7 Å². The number of hydrogen-bond donors (Lipinski definition) is 6. The monoisotopic (exact) mass is 509 g/mol. The average molecular weight is 510 g/mol. The van der Waals surface area contributed by atoms with Crippen LogP contribution in [0.4, 0.5) is 0 Å². The molecule has 0 saturated carbocycles. The summed E-state index contributed by atoms with van der Waals surface area (Å²) in [6.07, 6.45) is 3.15. The largest absolute Gasteiger partial charge is 0.480 e. The van der Waals surface area contributed by atoms with E-state index in [1.165, 1.54) is 26.5 Å². The number of carbonyl (C=O) groups excluding carboxylic acids is 4. The highest BCUT2D eigenvalue weighted by Crippen LogP contribution is 2.08. The summed E-state index contributed by atoms with van der Waals surface area (Å²) in [7, 11) is 1.41. The summed E-state index contributed by atoms with van der Waals surface area (Å²) in [6.45, 7) is 8.27. The molecule has 13 heteroatoms. The Bertz CT molecular complexity index is 901. The Balaban J connectivity index is 2.94. The van der Waals surface area contributed by atoms with Crippen molar-refractivity contribution in [3.8, 4) is 0 Å². The molecule has 36 heavy (non-hydrogen) atoms. The number of likely N-dealkylation sites (N-methyl/N-ethyl adjacent to an activating group) is 1. The normalized spacial score (nSPS) is 14.5. The molecule has 4 atom stereocenters. The Kier molecular flexibility index (Phi) is 12.0.